The summed E-state index contributed by atoms with van der Waals surface area (Å²) in [5.74, 6) is -1.49. The fourth-order valence-electron chi connectivity index (χ4n) is 2.15. The average molecular weight is 428 g/mol. The summed E-state index contributed by atoms with van der Waals surface area (Å²) >= 11 is 5.78. The molecule has 0 saturated heterocycles. The summed E-state index contributed by atoms with van der Waals surface area (Å²) in [6.45, 7) is 11.6. The summed E-state index contributed by atoms with van der Waals surface area (Å²) in [6.07, 6.45) is -0.897. The van der Waals surface area contributed by atoms with Gasteiger partial charge in [0.1, 0.15) is 11.2 Å². The lowest BCUT2D eigenvalue weighted by molar-refractivity contribution is 0.0506. The fourth-order valence-corrected chi connectivity index (χ4v) is 2.28. The second kappa shape index (κ2) is 7.94. The number of hydrogen-bond acceptors (Lipinski definition) is 7. The molecule has 0 aliphatic heterocycles. The van der Waals surface area contributed by atoms with E-state index in [0.717, 1.165) is 15.8 Å². The molecular formula is C18H23ClFN5O4. The van der Waals surface area contributed by atoms with Crippen LogP contribution in [0.15, 0.2) is 12.3 Å². The van der Waals surface area contributed by atoms with Crippen molar-refractivity contribution >= 4 is 35.4 Å². The highest BCUT2D eigenvalue weighted by molar-refractivity contribution is 6.28. The molecule has 1 amide bonds. The molecule has 0 radical (unpaired) electrons. The van der Waals surface area contributed by atoms with E-state index >= 15 is 0 Å². The van der Waals surface area contributed by atoms with Gasteiger partial charge in [0.2, 0.25) is 5.28 Å². The van der Waals surface area contributed by atoms with Crippen LogP contribution in [0, 0.1) is 12.7 Å². The van der Waals surface area contributed by atoms with Crippen molar-refractivity contribution in [3.8, 4) is 0 Å². The molecule has 2 aromatic rings. The molecule has 2 aromatic heterocycles. The van der Waals surface area contributed by atoms with Gasteiger partial charge < -0.3 is 9.47 Å². The standard InChI is InChI=1S/C18H23ClFN5O4/c1-10-8-12(23-25(10)16(27)29-18(5,6)7)24(15(26)28-17(2,3)4)13-11(20)9-21-14(19)22-13/h8-9H,1-7H3. The molecule has 0 fully saturated rings. The number of anilines is 2. The molecule has 0 spiro atoms. The Morgan fingerprint density at radius 2 is 1.72 bits per heavy atom. The predicted molar refractivity (Wildman–Crippen MR) is 104 cm³/mol. The van der Waals surface area contributed by atoms with Crippen molar-refractivity contribution in [2.24, 2.45) is 0 Å². The first-order valence-electron chi connectivity index (χ1n) is 8.69. The lowest BCUT2D eigenvalue weighted by Crippen LogP contribution is -2.35. The molecule has 0 aliphatic rings. The topological polar surface area (TPSA) is 99.4 Å². The number of carbonyl (C=O) groups excluding carboxylic acids is 2. The van der Waals surface area contributed by atoms with Gasteiger partial charge in [-0.05, 0) is 60.1 Å². The molecule has 0 N–H and O–H groups in total. The lowest BCUT2D eigenvalue weighted by atomic mass is 10.2. The van der Waals surface area contributed by atoms with Crippen molar-refractivity contribution in [2.75, 3.05) is 4.90 Å². The molecule has 0 unspecified atom stereocenters. The van der Waals surface area contributed by atoms with E-state index in [0.29, 0.717) is 5.69 Å². The minimum Gasteiger partial charge on any atom is -0.443 e. The van der Waals surface area contributed by atoms with Gasteiger partial charge in [0.05, 0.1) is 11.9 Å². The second-order valence-electron chi connectivity index (χ2n) is 8.16. The fraction of sp³-hybridized carbons (Fsp3) is 0.500. The summed E-state index contributed by atoms with van der Waals surface area (Å²) in [5.41, 5.74) is -1.29. The summed E-state index contributed by atoms with van der Waals surface area (Å²) in [7, 11) is 0. The van der Waals surface area contributed by atoms with Crippen LogP contribution < -0.4 is 4.90 Å². The Bertz CT molecular complexity index is 933. The third-order valence-electron chi connectivity index (χ3n) is 3.15. The van der Waals surface area contributed by atoms with E-state index < -0.39 is 35.0 Å². The van der Waals surface area contributed by atoms with Crippen molar-refractivity contribution in [1.29, 1.82) is 0 Å². The maximum absolute atomic E-state index is 14.4. The van der Waals surface area contributed by atoms with Crippen LogP contribution in [0.1, 0.15) is 47.2 Å². The molecular weight excluding hydrogens is 405 g/mol. The first-order chi connectivity index (χ1) is 13.2. The van der Waals surface area contributed by atoms with E-state index in [-0.39, 0.29) is 11.1 Å². The number of rotatable bonds is 2. The number of nitrogens with zero attached hydrogens (tertiary/aromatic N) is 5. The molecule has 0 atom stereocenters. The normalized spacial score (nSPS) is 11.9. The summed E-state index contributed by atoms with van der Waals surface area (Å²) in [4.78, 5) is 33.3. The SMILES string of the molecule is Cc1cc(N(C(=O)OC(C)(C)C)c2nc(Cl)ncc2F)nn1C(=O)OC(C)(C)C. The van der Waals surface area contributed by atoms with Crippen molar-refractivity contribution in [3.05, 3.63) is 29.1 Å². The highest BCUT2D eigenvalue weighted by Crippen LogP contribution is 2.29. The molecule has 0 aliphatic carbocycles. The molecule has 0 saturated carbocycles. The first kappa shape index (κ1) is 22.5. The van der Waals surface area contributed by atoms with Crippen LogP contribution in [0.3, 0.4) is 0 Å². The zero-order chi connectivity index (χ0) is 22.1. The Hall–Kier alpha value is -2.75. The number of aromatic nitrogens is 4. The van der Waals surface area contributed by atoms with E-state index in [1.807, 2.05) is 0 Å². The van der Waals surface area contributed by atoms with Crippen LogP contribution in [0.5, 0.6) is 0 Å². The van der Waals surface area contributed by atoms with Gasteiger partial charge in [-0.25, -0.2) is 23.9 Å². The molecule has 9 nitrogen and oxygen atoms in total. The van der Waals surface area contributed by atoms with Gasteiger partial charge in [-0.3, -0.25) is 0 Å². The van der Waals surface area contributed by atoms with Crippen LogP contribution in [-0.4, -0.2) is 43.1 Å². The zero-order valence-electron chi connectivity index (χ0n) is 17.3. The van der Waals surface area contributed by atoms with Crippen molar-refractivity contribution < 1.29 is 23.5 Å². The van der Waals surface area contributed by atoms with Gasteiger partial charge in [0, 0.05) is 6.07 Å². The lowest BCUT2D eigenvalue weighted by Gasteiger charge is -2.25. The van der Waals surface area contributed by atoms with E-state index in [9.17, 15) is 14.0 Å². The summed E-state index contributed by atoms with van der Waals surface area (Å²) in [6, 6.07) is 1.39. The highest BCUT2D eigenvalue weighted by atomic mass is 35.5. The second-order valence-corrected chi connectivity index (χ2v) is 8.50. The van der Waals surface area contributed by atoms with Gasteiger partial charge >= 0.3 is 12.2 Å². The zero-order valence-corrected chi connectivity index (χ0v) is 18.0. The Morgan fingerprint density at radius 3 is 2.28 bits per heavy atom. The number of hydrogen-bond donors (Lipinski definition) is 0. The van der Waals surface area contributed by atoms with Crippen molar-refractivity contribution in [3.63, 3.8) is 0 Å². The number of ether oxygens (including phenoxy) is 2. The third kappa shape index (κ3) is 5.86. The smallest absolute Gasteiger partial charge is 0.435 e. The molecule has 158 valence electrons. The van der Waals surface area contributed by atoms with Crippen LogP contribution >= 0.6 is 11.6 Å². The highest BCUT2D eigenvalue weighted by Gasteiger charge is 2.32. The number of halogens is 2. The van der Waals surface area contributed by atoms with Crippen LogP contribution in [0.2, 0.25) is 5.28 Å². The number of carbonyl (C=O) groups is 2. The molecule has 2 rings (SSSR count). The number of amides is 1. The van der Waals surface area contributed by atoms with Crippen molar-refractivity contribution in [1.82, 2.24) is 19.7 Å². The predicted octanol–water partition coefficient (Wildman–Crippen LogP) is 4.63. The minimum atomic E-state index is -0.958. The Labute approximate surface area is 172 Å². The monoisotopic (exact) mass is 427 g/mol. The van der Waals surface area contributed by atoms with Crippen LogP contribution in [0.25, 0.3) is 0 Å². The average Bonchev–Trinajstić information content (AvgIpc) is 2.89. The third-order valence-corrected chi connectivity index (χ3v) is 3.34. The van der Waals surface area contributed by atoms with Gasteiger partial charge in [0.15, 0.2) is 17.5 Å². The minimum absolute atomic E-state index is 0.101. The Kier molecular flexibility index (Phi) is 6.17. The number of aryl methyl sites for hydroxylation is 1. The molecule has 29 heavy (non-hydrogen) atoms. The molecule has 11 heteroatoms. The molecule has 0 aromatic carbocycles. The van der Waals surface area contributed by atoms with E-state index in [1.165, 1.54) is 6.07 Å². The van der Waals surface area contributed by atoms with E-state index in [2.05, 4.69) is 15.1 Å². The van der Waals surface area contributed by atoms with E-state index in [1.54, 1.807) is 48.5 Å². The first-order valence-corrected chi connectivity index (χ1v) is 9.07. The molecule has 2 heterocycles. The van der Waals surface area contributed by atoms with E-state index in [4.69, 9.17) is 21.1 Å². The van der Waals surface area contributed by atoms with Crippen molar-refractivity contribution in [2.45, 2.75) is 59.7 Å². The summed E-state index contributed by atoms with van der Waals surface area (Å²) < 4.78 is 26.0. The maximum Gasteiger partial charge on any atom is 0.435 e. The largest absolute Gasteiger partial charge is 0.443 e. The Morgan fingerprint density at radius 1 is 1.14 bits per heavy atom. The van der Waals surface area contributed by atoms with Gasteiger partial charge in [-0.1, -0.05) is 0 Å². The van der Waals surface area contributed by atoms with Gasteiger partial charge in [-0.2, -0.15) is 9.67 Å². The van der Waals surface area contributed by atoms with Crippen LogP contribution in [-0.2, 0) is 9.47 Å². The molecule has 0 bridgehead atoms. The van der Waals surface area contributed by atoms with Gasteiger partial charge in [0.25, 0.3) is 0 Å². The summed E-state index contributed by atoms with van der Waals surface area (Å²) in [5, 5.41) is 3.81. The Balaban J connectivity index is 2.55. The van der Waals surface area contributed by atoms with Gasteiger partial charge in [-0.15, -0.1) is 5.10 Å². The quantitative estimate of drug-likeness (QED) is 0.644. The maximum atomic E-state index is 14.4. The van der Waals surface area contributed by atoms with Crippen LogP contribution in [0.4, 0.5) is 25.6 Å².